The number of amidine groups is 1. The van der Waals surface area contributed by atoms with Gasteiger partial charge in [-0.25, -0.2) is 15.0 Å². The molecule has 2 aliphatic heterocycles. The van der Waals surface area contributed by atoms with E-state index in [1.165, 1.54) is 6.42 Å². The first kappa shape index (κ1) is 18.0. The predicted octanol–water partition coefficient (Wildman–Crippen LogP) is 0.871. The first-order valence-corrected chi connectivity index (χ1v) is 9.48. The largest absolute Gasteiger partial charge is 0.394 e. The van der Waals surface area contributed by atoms with Crippen LogP contribution in [-0.4, -0.2) is 76.8 Å². The molecule has 0 aromatic carbocycles. The molecule has 1 saturated heterocycles. The van der Waals surface area contributed by atoms with Gasteiger partial charge in [0.15, 0.2) is 10.7 Å². The van der Waals surface area contributed by atoms with Gasteiger partial charge in [-0.15, -0.1) is 0 Å². The van der Waals surface area contributed by atoms with Gasteiger partial charge in [-0.3, -0.25) is 9.11 Å². The second kappa shape index (κ2) is 7.29. The third kappa shape index (κ3) is 5.76. The fourth-order valence-corrected chi connectivity index (χ4v) is 4.48. The molecule has 2 heterocycles. The van der Waals surface area contributed by atoms with Gasteiger partial charge in [-0.05, 0) is 34.9 Å². The predicted molar refractivity (Wildman–Crippen MR) is 82.8 cm³/mol. The molecule has 1 fully saturated rings. The van der Waals surface area contributed by atoms with Crippen molar-refractivity contribution < 1.29 is 17.5 Å². The minimum Gasteiger partial charge on any atom is -0.357 e. The fourth-order valence-electron chi connectivity index (χ4n) is 1.86. The maximum Gasteiger partial charge on any atom is 0.394 e. The van der Waals surface area contributed by atoms with Crippen molar-refractivity contribution in [2.45, 2.75) is 24.9 Å². The SMILES string of the molecule is CC1CCN(C)N1C1N=C(N(C)C)SS1.O=S(=O)(O)O. The summed E-state index contributed by atoms with van der Waals surface area (Å²) in [6.45, 7) is 3.42. The van der Waals surface area contributed by atoms with E-state index >= 15 is 0 Å². The zero-order valence-corrected chi connectivity index (χ0v) is 14.2. The lowest BCUT2D eigenvalue weighted by molar-refractivity contribution is 0.0183. The summed E-state index contributed by atoms with van der Waals surface area (Å²) in [5, 5.41) is 5.80. The molecule has 20 heavy (non-hydrogen) atoms. The van der Waals surface area contributed by atoms with Crippen LogP contribution in [0.25, 0.3) is 0 Å². The highest BCUT2D eigenvalue weighted by Crippen LogP contribution is 2.41. The second-order valence-electron chi connectivity index (χ2n) is 4.66. The van der Waals surface area contributed by atoms with Crippen LogP contribution in [0.5, 0.6) is 0 Å². The van der Waals surface area contributed by atoms with Crippen molar-refractivity contribution in [3.8, 4) is 0 Å². The van der Waals surface area contributed by atoms with Crippen LogP contribution in [-0.2, 0) is 10.4 Å². The van der Waals surface area contributed by atoms with Crippen LogP contribution in [0.2, 0.25) is 0 Å². The van der Waals surface area contributed by atoms with Gasteiger partial charge in [0, 0.05) is 33.7 Å². The molecule has 0 spiro atoms. The van der Waals surface area contributed by atoms with Crippen molar-refractivity contribution >= 4 is 37.2 Å². The van der Waals surface area contributed by atoms with Crippen molar-refractivity contribution in [3.63, 3.8) is 0 Å². The fraction of sp³-hybridized carbons (Fsp3) is 0.889. The summed E-state index contributed by atoms with van der Waals surface area (Å²) >= 11 is 0. The Balaban J connectivity index is 0.000000347. The van der Waals surface area contributed by atoms with Crippen LogP contribution in [0, 0.1) is 0 Å². The molecule has 0 saturated carbocycles. The van der Waals surface area contributed by atoms with Crippen LogP contribution < -0.4 is 0 Å². The van der Waals surface area contributed by atoms with E-state index in [-0.39, 0.29) is 5.50 Å². The van der Waals surface area contributed by atoms with E-state index in [1.54, 1.807) is 10.8 Å². The van der Waals surface area contributed by atoms with E-state index in [0.717, 1.165) is 11.7 Å². The molecule has 2 unspecified atom stereocenters. The molecule has 0 aromatic heterocycles. The molecule has 0 bridgehead atoms. The molecular formula is C9H20N4O4S3. The molecule has 8 nitrogen and oxygen atoms in total. The summed E-state index contributed by atoms with van der Waals surface area (Å²) in [4.78, 5) is 6.80. The van der Waals surface area contributed by atoms with E-state index in [0.29, 0.717) is 6.04 Å². The van der Waals surface area contributed by atoms with E-state index in [1.807, 2.05) is 24.9 Å². The smallest absolute Gasteiger partial charge is 0.357 e. The first-order valence-electron chi connectivity index (χ1n) is 5.87. The molecule has 2 atom stereocenters. The Bertz CT molecular complexity index is 438. The van der Waals surface area contributed by atoms with Crippen LogP contribution >= 0.6 is 21.6 Å². The van der Waals surface area contributed by atoms with E-state index in [9.17, 15) is 0 Å². The lowest BCUT2D eigenvalue weighted by atomic mass is 10.3. The van der Waals surface area contributed by atoms with Gasteiger partial charge in [0.2, 0.25) is 0 Å². The number of aliphatic imine (C=N–C) groups is 1. The van der Waals surface area contributed by atoms with E-state index in [4.69, 9.17) is 22.5 Å². The van der Waals surface area contributed by atoms with Crippen LogP contribution in [0.4, 0.5) is 0 Å². The zero-order valence-electron chi connectivity index (χ0n) is 11.8. The standard InChI is InChI=1S/C9H18N4S2.H2O4S/c1-7-5-6-12(4)13(7)9-10-8(11(2)3)14-15-9;1-5(2,3)4/h7,9H,5-6H2,1-4H3;(H2,1,2,3,4). The molecule has 2 rings (SSSR count). The average molecular weight is 344 g/mol. The summed E-state index contributed by atoms with van der Waals surface area (Å²) in [6, 6.07) is 0.610. The number of rotatable bonds is 1. The highest BCUT2D eigenvalue weighted by molar-refractivity contribution is 8.82. The highest BCUT2D eigenvalue weighted by atomic mass is 33.1. The van der Waals surface area contributed by atoms with Gasteiger partial charge in [0.05, 0.1) is 0 Å². The molecule has 118 valence electrons. The number of hydrazine groups is 1. The first-order chi connectivity index (χ1) is 9.09. The Labute approximate surface area is 127 Å². The maximum absolute atomic E-state index is 8.74. The second-order valence-corrected chi connectivity index (χ2v) is 7.78. The third-order valence-electron chi connectivity index (χ3n) is 2.75. The lowest BCUT2D eigenvalue weighted by Gasteiger charge is -2.30. The van der Waals surface area contributed by atoms with E-state index < -0.39 is 10.4 Å². The quantitative estimate of drug-likeness (QED) is 0.530. The van der Waals surface area contributed by atoms with Crippen molar-refractivity contribution in [2.24, 2.45) is 4.99 Å². The van der Waals surface area contributed by atoms with Crippen molar-refractivity contribution in [1.82, 2.24) is 14.9 Å². The maximum atomic E-state index is 8.74. The Morgan fingerprint density at radius 1 is 1.40 bits per heavy atom. The summed E-state index contributed by atoms with van der Waals surface area (Å²) in [7, 11) is 5.19. The van der Waals surface area contributed by atoms with Crippen LogP contribution in [0.3, 0.4) is 0 Å². The third-order valence-corrected chi connectivity index (χ3v) is 5.22. The topological polar surface area (TPSA) is 96.7 Å². The van der Waals surface area contributed by atoms with Crippen molar-refractivity contribution in [1.29, 1.82) is 0 Å². The molecule has 2 aliphatic rings. The Hall–Kier alpha value is -0.0400. The molecule has 2 N–H and O–H groups in total. The van der Waals surface area contributed by atoms with Gasteiger partial charge >= 0.3 is 10.4 Å². The Kier molecular flexibility index (Phi) is 6.57. The minimum atomic E-state index is -4.67. The Morgan fingerprint density at radius 2 is 1.95 bits per heavy atom. The summed E-state index contributed by atoms with van der Waals surface area (Å²) in [5.74, 6) is 0. The van der Waals surface area contributed by atoms with E-state index in [2.05, 4.69) is 28.9 Å². The normalized spacial score (nSPS) is 28.0. The average Bonchev–Trinajstić information content (AvgIpc) is 2.83. The number of hydrogen-bond donors (Lipinski definition) is 2. The number of nitrogens with zero attached hydrogens (tertiary/aromatic N) is 4. The summed E-state index contributed by atoms with van der Waals surface area (Å²) in [5.41, 5.74) is 0.259. The molecule has 0 radical (unpaired) electrons. The minimum absolute atomic E-state index is 0.259. The Morgan fingerprint density at radius 3 is 2.30 bits per heavy atom. The summed E-state index contributed by atoms with van der Waals surface area (Å²) in [6.07, 6.45) is 1.24. The van der Waals surface area contributed by atoms with Gasteiger partial charge in [0.1, 0.15) is 0 Å². The van der Waals surface area contributed by atoms with Crippen molar-refractivity contribution in [3.05, 3.63) is 0 Å². The van der Waals surface area contributed by atoms with Gasteiger partial charge in [-0.1, -0.05) is 0 Å². The summed E-state index contributed by atoms with van der Waals surface area (Å²) < 4.78 is 31.6. The molecule has 0 aliphatic carbocycles. The van der Waals surface area contributed by atoms with Crippen LogP contribution in [0.15, 0.2) is 4.99 Å². The lowest BCUT2D eigenvalue weighted by Crippen LogP contribution is -2.42. The molecular weight excluding hydrogens is 324 g/mol. The zero-order chi connectivity index (χ0) is 15.5. The van der Waals surface area contributed by atoms with Crippen molar-refractivity contribution in [2.75, 3.05) is 27.7 Å². The molecule has 0 aromatic rings. The molecule has 11 heteroatoms. The van der Waals surface area contributed by atoms with Gasteiger partial charge in [0.25, 0.3) is 0 Å². The van der Waals surface area contributed by atoms with Gasteiger partial charge < -0.3 is 4.90 Å². The highest BCUT2D eigenvalue weighted by Gasteiger charge is 2.35. The monoisotopic (exact) mass is 344 g/mol. The number of hydrogen-bond acceptors (Lipinski definition) is 8. The molecule has 0 amide bonds. The van der Waals surface area contributed by atoms with Gasteiger partial charge in [-0.2, -0.15) is 8.42 Å². The van der Waals surface area contributed by atoms with Crippen LogP contribution in [0.1, 0.15) is 13.3 Å².